The molecule has 0 bridgehead atoms. The number of likely N-dealkylation sites (N-methyl/N-ethyl adjacent to an activating group) is 1. The zero-order valence-corrected chi connectivity index (χ0v) is 19.9. The standard InChI is InChI=1S/C23H37N3O4S/c1-18-8-10-19(11-9-18)25(2)17-23(27)24-21-16-20(12-13-22(21)30-3)31(28,29)26-14-6-4-5-7-15-26/h12-13,16,18-19H,4-11,14-15,17H2,1-3H3,(H,24,27). The maximum Gasteiger partial charge on any atom is 0.243 e. The Hall–Kier alpha value is -1.64. The second kappa shape index (κ2) is 10.8. The Morgan fingerprint density at radius 1 is 1.13 bits per heavy atom. The van der Waals surface area contributed by atoms with Crippen molar-refractivity contribution in [3.05, 3.63) is 18.2 Å². The van der Waals surface area contributed by atoms with Crippen LogP contribution in [-0.4, -0.2) is 63.4 Å². The van der Waals surface area contributed by atoms with Gasteiger partial charge in [-0.1, -0.05) is 19.8 Å². The predicted octanol–water partition coefficient (Wildman–Crippen LogP) is 3.71. The number of ether oxygens (including phenoxy) is 1. The molecule has 1 aromatic rings. The van der Waals surface area contributed by atoms with Crippen molar-refractivity contribution >= 4 is 21.6 Å². The van der Waals surface area contributed by atoms with Gasteiger partial charge in [0.2, 0.25) is 15.9 Å². The van der Waals surface area contributed by atoms with E-state index in [1.807, 2.05) is 7.05 Å². The molecule has 31 heavy (non-hydrogen) atoms. The highest BCUT2D eigenvalue weighted by atomic mass is 32.2. The molecule has 1 aromatic carbocycles. The Balaban J connectivity index is 1.70. The van der Waals surface area contributed by atoms with Crippen LogP contribution in [0.4, 0.5) is 5.69 Å². The Morgan fingerprint density at radius 3 is 2.39 bits per heavy atom. The molecule has 0 aromatic heterocycles. The van der Waals surface area contributed by atoms with E-state index in [0.29, 0.717) is 30.6 Å². The highest BCUT2D eigenvalue weighted by Gasteiger charge is 2.27. The van der Waals surface area contributed by atoms with Gasteiger partial charge >= 0.3 is 0 Å². The molecule has 1 saturated heterocycles. The van der Waals surface area contributed by atoms with Gasteiger partial charge in [-0.3, -0.25) is 9.69 Å². The van der Waals surface area contributed by atoms with Crippen LogP contribution in [0.5, 0.6) is 5.75 Å². The molecule has 1 N–H and O–H groups in total. The third-order valence-electron chi connectivity index (χ3n) is 6.65. The molecule has 2 fully saturated rings. The number of anilines is 1. The number of hydrogen-bond donors (Lipinski definition) is 1. The maximum atomic E-state index is 13.2. The Kier molecular flexibility index (Phi) is 8.36. The SMILES string of the molecule is COc1ccc(S(=O)(=O)N2CCCCCC2)cc1NC(=O)CN(C)C1CCC(C)CC1. The Labute approximate surface area is 187 Å². The number of nitrogens with zero attached hydrogens (tertiary/aromatic N) is 2. The van der Waals surface area contributed by atoms with E-state index in [2.05, 4.69) is 17.1 Å². The van der Waals surface area contributed by atoms with Crippen LogP contribution in [0.2, 0.25) is 0 Å². The maximum absolute atomic E-state index is 13.2. The fourth-order valence-electron chi connectivity index (χ4n) is 4.60. The summed E-state index contributed by atoms with van der Waals surface area (Å²) in [7, 11) is -0.0971. The molecule has 0 radical (unpaired) electrons. The molecule has 0 unspecified atom stereocenters. The van der Waals surface area contributed by atoms with Gasteiger partial charge in [-0.05, 0) is 69.7 Å². The minimum Gasteiger partial charge on any atom is -0.495 e. The van der Waals surface area contributed by atoms with Crippen LogP contribution in [0.1, 0.15) is 58.3 Å². The van der Waals surface area contributed by atoms with Gasteiger partial charge in [-0.25, -0.2) is 8.42 Å². The minimum absolute atomic E-state index is 0.163. The molecule has 1 saturated carbocycles. The number of hydrogen-bond acceptors (Lipinski definition) is 5. The zero-order chi connectivity index (χ0) is 22.4. The van der Waals surface area contributed by atoms with E-state index in [9.17, 15) is 13.2 Å². The molecule has 3 rings (SSSR count). The van der Waals surface area contributed by atoms with Crippen LogP contribution >= 0.6 is 0 Å². The van der Waals surface area contributed by atoms with E-state index < -0.39 is 10.0 Å². The summed E-state index contributed by atoms with van der Waals surface area (Å²) in [5, 5.41) is 2.88. The molecule has 1 aliphatic heterocycles. The molecule has 2 aliphatic rings. The molecule has 174 valence electrons. The third-order valence-corrected chi connectivity index (χ3v) is 8.54. The van der Waals surface area contributed by atoms with Crippen molar-refractivity contribution in [2.24, 2.45) is 5.92 Å². The first-order valence-corrected chi connectivity index (χ1v) is 12.9. The zero-order valence-electron chi connectivity index (χ0n) is 19.1. The summed E-state index contributed by atoms with van der Waals surface area (Å²) in [6.45, 7) is 3.63. The first-order chi connectivity index (χ1) is 14.8. The third kappa shape index (κ3) is 6.20. The van der Waals surface area contributed by atoms with E-state index in [-0.39, 0.29) is 17.3 Å². The molecule has 0 spiro atoms. The second-order valence-corrected chi connectivity index (χ2v) is 11.0. The summed E-state index contributed by atoms with van der Waals surface area (Å²) in [4.78, 5) is 15.0. The van der Waals surface area contributed by atoms with E-state index >= 15 is 0 Å². The van der Waals surface area contributed by atoms with Crippen molar-refractivity contribution in [1.82, 2.24) is 9.21 Å². The largest absolute Gasteiger partial charge is 0.495 e. The van der Waals surface area contributed by atoms with Crippen molar-refractivity contribution < 1.29 is 17.9 Å². The van der Waals surface area contributed by atoms with Crippen LogP contribution in [0.15, 0.2) is 23.1 Å². The van der Waals surface area contributed by atoms with Gasteiger partial charge in [-0.2, -0.15) is 4.31 Å². The van der Waals surface area contributed by atoms with Crippen LogP contribution in [0.3, 0.4) is 0 Å². The van der Waals surface area contributed by atoms with Gasteiger partial charge in [0.15, 0.2) is 0 Å². The lowest BCUT2D eigenvalue weighted by Crippen LogP contribution is -2.40. The average Bonchev–Trinajstić information content (AvgIpc) is 3.04. The van der Waals surface area contributed by atoms with Crippen LogP contribution in [0, 0.1) is 5.92 Å². The smallest absolute Gasteiger partial charge is 0.243 e. The summed E-state index contributed by atoms with van der Waals surface area (Å²) in [5.74, 6) is 1.05. The van der Waals surface area contributed by atoms with Gasteiger partial charge in [-0.15, -0.1) is 0 Å². The second-order valence-electron chi connectivity index (χ2n) is 9.06. The average molecular weight is 452 g/mol. The first-order valence-electron chi connectivity index (χ1n) is 11.5. The van der Waals surface area contributed by atoms with Gasteiger partial charge < -0.3 is 10.1 Å². The number of carbonyl (C=O) groups is 1. The van der Waals surface area contributed by atoms with E-state index in [1.54, 1.807) is 16.4 Å². The molecule has 1 amide bonds. The van der Waals surface area contributed by atoms with E-state index in [0.717, 1.165) is 44.4 Å². The normalized spacial score (nSPS) is 23.4. The fraction of sp³-hybridized carbons (Fsp3) is 0.696. The number of nitrogens with one attached hydrogen (secondary N) is 1. The topological polar surface area (TPSA) is 79.0 Å². The lowest BCUT2D eigenvalue weighted by Gasteiger charge is -2.33. The fourth-order valence-corrected chi connectivity index (χ4v) is 6.15. The van der Waals surface area contributed by atoms with Gasteiger partial charge in [0.1, 0.15) is 5.75 Å². The van der Waals surface area contributed by atoms with E-state index in [4.69, 9.17) is 4.74 Å². The monoisotopic (exact) mass is 451 g/mol. The van der Waals surface area contributed by atoms with Gasteiger partial charge in [0.25, 0.3) is 0 Å². The number of carbonyl (C=O) groups excluding carboxylic acids is 1. The molecule has 0 atom stereocenters. The number of methoxy groups -OCH3 is 1. The predicted molar refractivity (Wildman–Crippen MR) is 123 cm³/mol. The van der Waals surface area contributed by atoms with Crippen molar-refractivity contribution in [3.63, 3.8) is 0 Å². The summed E-state index contributed by atoms with van der Waals surface area (Å²) in [6.07, 6.45) is 8.49. The summed E-state index contributed by atoms with van der Waals surface area (Å²) < 4.78 is 33.2. The number of sulfonamides is 1. The highest BCUT2D eigenvalue weighted by molar-refractivity contribution is 7.89. The molecule has 1 aliphatic carbocycles. The van der Waals surface area contributed by atoms with Gasteiger partial charge in [0.05, 0.1) is 24.2 Å². The Bertz CT molecular complexity index is 842. The minimum atomic E-state index is -3.60. The summed E-state index contributed by atoms with van der Waals surface area (Å²) in [6, 6.07) is 5.12. The van der Waals surface area contributed by atoms with E-state index in [1.165, 1.54) is 26.0 Å². The van der Waals surface area contributed by atoms with Crippen molar-refractivity contribution in [3.8, 4) is 5.75 Å². The lowest BCUT2D eigenvalue weighted by molar-refractivity contribution is -0.117. The highest BCUT2D eigenvalue weighted by Crippen LogP contribution is 2.30. The summed E-state index contributed by atoms with van der Waals surface area (Å²) in [5.41, 5.74) is 0.397. The number of benzene rings is 1. The molecular formula is C23H37N3O4S. The lowest BCUT2D eigenvalue weighted by atomic mass is 9.87. The first kappa shape index (κ1) is 24.0. The quantitative estimate of drug-likeness (QED) is 0.684. The molecule has 7 nitrogen and oxygen atoms in total. The van der Waals surface area contributed by atoms with Crippen LogP contribution in [-0.2, 0) is 14.8 Å². The molecule has 8 heteroatoms. The van der Waals surface area contributed by atoms with Crippen LogP contribution in [0.25, 0.3) is 0 Å². The number of amides is 1. The van der Waals surface area contributed by atoms with Gasteiger partial charge in [0, 0.05) is 19.1 Å². The number of rotatable bonds is 7. The Morgan fingerprint density at radius 2 is 1.77 bits per heavy atom. The molecular weight excluding hydrogens is 414 g/mol. The van der Waals surface area contributed by atoms with Crippen LogP contribution < -0.4 is 10.1 Å². The molecule has 1 heterocycles. The summed E-state index contributed by atoms with van der Waals surface area (Å²) >= 11 is 0. The van der Waals surface area contributed by atoms with Crippen molar-refractivity contribution in [1.29, 1.82) is 0 Å². The van der Waals surface area contributed by atoms with Crippen molar-refractivity contribution in [2.45, 2.75) is 69.2 Å². The van der Waals surface area contributed by atoms with Crippen molar-refractivity contribution in [2.75, 3.05) is 39.1 Å².